The van der Waals surface area contributed by atoms with Gasteiger partial charge < -0.3 is 0 Å². The maximum Gasteiger partial charge on any atom is 0.243 e. The van der Waals surface area contributed by atoms with E-state index in [2.05, 4.69) is 10.3 Å². The number of nitrogens with one attached hydrogen (secondary N) is 1. The Kier molecular flexibility index (Phi) is 7.80. The summed E-state index contributed by atoms with van der Waals surface area (Å²) in [6.07, 6.45) is 1.81. The Morgan fingerprint density at radius 1 is 0.944 bits per heavy atom. The molecule has 10 heteroatoms. The van der Waals surface area contributed by atoms with Crippen molar-refractivity contribution in [3.63, 3.8) is 0 Å². The molecule has 0 atom stereocenters. The Hall–Kier alpha value is -3.17. The first-order valence-electron chi connectivity index (χ1n) is 11.2. The van der Waals surface area contributed by atoms with Crippen LogP contribution >= 0.6 is 23.2 Å². The van der Waals surface area contributed by atoms with Crippen LogP contribution in [0.4, 0.5) is 5.95 Å². The molecule has 1 N–H and O–H groups in total. The number of imidazole rings is 1. The number of carbonyl (C=O) groups excluding carboxylic acids is 1. The number of aromatic nitrogens is 2. The van der Waals surface area contributed by atoms with Gasteiger partial charge in [-0.25, -0.2) is 13.4 Å². The number of amides is 1. The molecule has 36 heavy (non-hydrogen) atoms. The molecule has 1 heterocycles. The van der Waals surface area contributed by atoms with E-state index in [9.17, 15) is 13.2 Å². The normalized spacial score (nSPS) is 11.6. The van der Waals surface area contributed by atoms with Crippen molar-refractivity contribution < 1.29 is 13.2 Å². The van der Waals surface area contributed by atoms with E-state index in [0.717, 1.165) is 21.1 Å². The van der Waals surface area contributed by atoms with Crippen molar-refractivity contribution in [1.29, 1.82) is 0 Å². The van der Waals surface area contributed by atoms with Gasteiger partial charge in [0.2, 0.25) is 21.9 Å². The van der Waals surface area contributed by atoms with Gasteiger partial charge in [0.1, 0.15) is 0 Å². The standard InChI is InChI=1S/C26H24Cl2N4O3S/c1-3-31(36(34,35)23-14-10-21(28)11-15-23)17-25(33)30-26-29-24(19-6-8-20(27)9-7-19)16-32(26)22-12-4-18(2)5-13-22/h4-16H,3,17H2,1-2H3,(H,29,30,33). The number of sulfonamides is 1. The van der Waals surface area contributed by atoms with E-state index in [1.165, 1.54) is 24.3 Å². The molecule has 0 radical (unpaired) electrons. The van der Waals surface area contributed by atoms with Crippen molar-refractivity contribution in [2.45, 2.75) is 18.7 Å². The SMILES string of the molecule is CCN(CC(=O)Nc1nc(-c2ccc(Cl)cc2)cn1-c1ccc(C)cc1)S(=O)(=O)c1ccc(Cl)cc1. The minimum Gasteiger partial charge on any atom is -0.294 e. The zero-order chi connectivity index (χ0) is 25.9. The maximum atomic E-state index is 13.1. The third-order valence-corrected chi connectivity index (χ3v) is 7.97. The van der Waals surface area contributed by atoms with Crippen LogP contribution in [-0.4, -0.2) is 41.3 Å². The molecule has 0 aliphatic heterocycles. The minimum atomic E-state index is -3.89. The van der Waals surface area contributed by atoms with Crippen LogP contribution in [0.15, 0.2) is 83.9 Å². The summed E-state index contributed by atoms with van der Waals surface area (Å²) >= 11 is 11.9. The molecule has 0 saturated carbocycles. The number of anilines is 1. The van der Waals surface area contributed by atoms with E-state index in [-0.39, 0.29) is 23.9 Å². The molecule has 1 aromatic heterocycles. The predicted molar refractivity (Wildman–Crippen MR) is 143 cm³/mol. The lowest BCUT2D eigenvalue weighted by molar-refractivity contribution is -0.116. The molecule has 0 bridgehead atoms. The van der Waals surface area contributed by atoms with E-state index in [0.29, 0.717) is 15.7 Å². The van der Waals surface area contributed by atoms with Crippen molar-refractivity contribution in [1.82, 2.24) is 13.9 Å². The molecule has 4 aromatic rings. The van der Waals surface area contributed by atoms with E-state index in [1.54, 1.807) is 23.6 Å². The average molecular weight is 543 g/mol. The number of carbonyl (C=O) groups is 1. The van der Waals surface area contributed by atoms with Crippen molar-refractivity contribution in [2.24, 2.45) is 0 Å². The molecule has 0 unspecified atom stereocenters. The fraction of sp³-hybridized carbons (Fsp3) is 0.154. The zero-order valence-electron chi connectivity index (χ0n) is 19.7. The van der Waals surface area contributed by atoms with Gasteiger partial charge in [0.05, 0.1) is 17.1 Å². The first-order valence-corrected chi connectivity index (χ1v) is 13.3. The topological polar surface area (TPSA) is 84.3 Å². The number of hydrogen-bond acceptors (Lipinski definition) is 4. The molecule has 0 aliphatic carbocycles. The number of hydrogen-bond donors (Lipinski definition) is 1. The summed E-state index contributed by atoms with van der Waals surface area (Å²) in [5.41, 5.74) is 3.34. The summed E-state index contributed by atoms with van der Waals surface area (Å²) < 4.78 is 29.0. The molecule has 186 valence electrons. The number of nitrogens with zero attached hydrogens (tertiary/aromatic N) is 3. The highest BCUT2D eigenvalue weighted by molar-refractivity contribution is 7.89. The zero-order valence-corrected chi connectivity index (χ0v) is 22.0. The van der Waals surface area contributed by atoms with Crippen LogP contribution in [0, 0.1) is 6.92 Å². The Balaban J connectivity index is 1.62. The van der Waals surface area contributed by atoms with E-state index in [4.69, 9.17) is 23.2 Å². The highest BCUT2D eigenvalue weighted by atomic mass is 35.5. The van der Waals surface area contributed by atoms with Crippen LogP contribution in [0.3, 0.4) is 0 Å². The average Bonchev–Trinajstić information content (AvgIpc) is 3.27. The summed E-state index contributed by atoms with van der Waals surface area (Å²) in [6.45, 7) is 3.39. The quantitative estimate of drug-likeness (QED) is 0.304. The van der Waals surface area contributed by atoms with Crippen molar-refractivity contribution in [3.05, 3.63) is 94.6 Å². The van der Waals surface area contributed by atoms with Gasteiger partial charge in [-0.1, -0.05) is 60.0 Å². The molecule has 0 aliphatic rings. The largest absolute Gasteiger partial charge is 0.294 e. The maximum absolute atomic E-state index is 13.1. The van der Waals surface area contributed by atoms with Gasteiger partial charge in [-0.3, -0.25) is 14.7 Å². The third kappa shape index (κ3) is 5.79. The molecular weight excluding hydrogens is 519 g/mol. The first kappa shape index (κ1) is 25.9. The van der Waals surface area contributed by atoms with Crippen LogP contribution < -0.4 is 5.32 Å². The second kappa shape index (κ2) is 10.8. The summed E-state index contributed by atoms with van der Waals surface area (Å²) in [5.74, 6) is -0.246. The van der Waals surface area contributed by atoms with Gasteiger partial charge in [-0.15, -0.1) is 0 Å². The highest BCUT2D eigenvalue weighted by Gasteiger charge is 2.26. The van der Waals surface area contributed by atoms with Gasteiger partial charge in [0.25, 0.3) is 0 Å². The van der Waals surface area contributed by atoms with E-state index >= 15 is 0 Å². The molecule has 1 amide bonds. The fourth-order valence-corrected chi connectivity index (χ4v) is 5.23. The summed E-state index contributed by atoms with van der Waals surface area (Å²) in [4.78, 5) is 17.7. The number of halogens is 2. The summed E-state index contributed by atoms with van der Waals surface area (Å²) in [5, 5.41) is 3.81. The number of benzene rings is 3. The molecule has 3 aromatic carbocycles. The van der Waals surface area contributed by atoms with Crippen molar-refractivity contribution in [3.8, 4) is 16.9 Å². The lowest BCUT2D eigenvalue weighted by Crippen LogP contribution is -2.38. The van der Waals surface area contributed by atoms with Crippen LogP contribution in [0.25, 0.3) is 16.9 Å². The Bertz CT molecular complexity index is 1470. The third-order valence-electron chi connectivity index (χ3n) is 5.53. The smallest absolute Gasteiger partial charge is 0.243 e. The monoisotopic (exact) mass is 542 g/mol. The van der Waals surface area contributed by atoms with E-state index in [1.807, 2.05) is 49.5 Å². The van der Waals surface area contributed by atoms with Gasteiger partial charge in [0, 0.05) is 34.0 Å². The number of rotatable bonds is 8. The Labute approximate surface area is 220 Å². The molecule has 4 rings (SSSR count). The van der Waals surface area contributed by atoms with Crippen molar-refractivity contribution >= 4 is 45.1 Å². The van der Waals surface area contributed by atoms with E-state index < -0.39 is 15.9 Å². The van der Waals surface area contributed by atoms with Crippen LogP contribution in [0.2, 0.25) is 10.0 Å². The van der Waals surface area contributed by atoms with Crippen LogP contribution in [-0.2, 0) is 14.8 Å². The lowest BCUT2D eigenvalue weighted by Gasteiger charge is -2.20. The number of likely N-dealkylation sites (N-methyl/N-ethyl adjacent to an activating group) is 1. The highest BCUT2D eigenvalue weighted by Crippen LogP contribution is 2.26. The second-order valence-electron chi connectivity index (χ2n) is 8.10. The van der Waals surface area contributed by atoms with Crippen molar-refractivity contribution in [2.75, 3.05) is 18.4 Å². The lowest BCUT2D eigenvalue weighted by atomic mass is 10.2. The molecule has 0 spiro atoms. The van der Waals surface area contributed by atoms with Crippen LogP contribution in [0.1, 0.15) is 12.5 Å². The molecule has 7 nitrogen and oxygen atoms in total. The number of aryl methyl sites for hydroxylation is 1. The molecular formula is C26H24Cl2N4O3S. The summed E-state index contributed by atoms with van der Waals surface area (Å²) in [6, 6.07) is 20.8. The fourth-order valence-electron chi connectivity index (χ4n) is 3.58. The summed E-state index contributed by atoms with van der Waals surface area (Å²) in [7, 11) is -3.89. The molecule has 0 fully saturated rings. The second-order valence-corrected chi connectivity index (χ2v) is 10.9. The molecule has 0 saturated heterocycles. The Morgan fingerprint density at radius 2 is 1.53 bits per heavy atom. The van der Waals surface area contributed by atoms with Gasteiger partial charge >= 0.3 is 0 Å². The van der Waals surface area contributed by atoms with Gasteiger partial charge in [0.15, 0.2) is 0 Å². The Morgan fingerprint density at radius 3 is 2.11 bits per heavy atom. The van der Waals surface area contributed by atoms with Gasteiger partial charge in [-0.05, 0) is 55.5 Å². The first-order chi connectivity index (χ1) is 17.2. The minimum absolute atomic E-state index is 0.0627. The van der Waals surface area contributed by atoms with Gasteiger partial charge in [-0.2, -0.15) is 4.31 Å². The predicted octanol–water partition coefficient (Wildman–Crippen LogP) is 5.80. The van der Waals surface area contributed by atoms with Crippen LogP contribution in [0.5, 0.6) is 0 Å².